The summed E-state index contributed by atoms with van der Waals surface area (Å²) in [7, 11) is 1.27. The first-order valence-corrected chi connectivity index (χ1v) is 6.09. The number of aromatic nitrogens is 2. The number of nitrogens with zero attached hydrogens (tertiary/aromatic N) is 2. The Balaban J connectivity index is 2.28. The van der Waals surface area contributed by atoms with Crippen LogP contribution in [0.25, 0.3) is 22.1 Å². The molecule has 6 nitrogen and oxygen atoms in total. The molecule has 2 aromatic heterocycles. The quantitative estimate of drug-likeness (QED) is 0.666. The van der Waals surface area contributed by atoms with Crippen LogP contribution in [-0.2, 0) is 9.53 Å². The van der Waals surface area contributed by atoms with Crippen molar-refractivity contribution in [3.05, 3.63) is 40.9 Å². The SMILES string of the molecule is COC(=O)[C@H](C)n1cnc2c(oc3ccccc32)c1=O. The fourth-order valence-corrected chi connectivity index (χ4v) is 2.15. The maximum absolute atomic E-state index is 12.4. The van der Waals surface area contributed by atoms with Gasteiger partial charge >= 0.3 is 5.97 Å². The van der Waals surface area contributed by atoms with Gasteiger partial charge in [-0.1, -0.05) is 12.1 Å². The first-order chi connectivity index (χ1) is 9.63. The molecule has 0 radical (unpaired) electrons. The van der Waals surface area contributed by atoms with E-state index in [0.717, 1.165) is 5.39 Å². The van der Waals surface area contributed by atoms with E-state index in [1.807, 2.05) is 18.2 Å². The number of para-hydroxylation sites is 1. The number of ether oxygens (including phenoxy) is 1. The Morgan fingerprint density at radius 2 is 2.15 bits per heavy atom. The van der Waals surface area contributed by atoms with Crippen molar-refractivity contribution in [3.8, 4) is 0 Å². The predicted molar refractivity (Wildman–Crippen MR) is 72.5 cm³/mol. The zero-order chi connectivity index (χ0) is 14.3. The highest BCUT2D eigenvalue weighted by Gasteiger charge is 2.20. The number of fused-ring (bicyclic) bond motifs is 3. The minimum atomic E-state index is -0.752. The highest BCUT2D eigenvalue weighted by Crippen LogP contribution is 2.24. The number of furan rings is 1. The molecule has 0 amide bonds. The summed E-state index contributed by atoms with van der Waals surface area (Å²) in [5.74, 6) is -0.510. The van der Waals surface area contributed by atoms with Gasteiger partial charge in [-0.3, -0.25) is 9.36 Å². The highest BCUT2D eigenvalue weighted by atomic mass is 16.5. The fourth-order valence-electron chi connectivity index (χ4n) is 2.15. The Bertz CT molecular complexity index is 862. The fraction of sp³-hybridized carbons (Fsp3) is 0.214. The van der Waals surface area contributed by atoms with Crippen LogP contribution >= 0.6 is 0 Å². The van der Waals surface area contributed by atoms with Gasteiger partial charge in [0.25, 0.3) is 5.56 Å². The molecule has 0 saturated heterocycles. The van der Waals surface area contributed by atoms with Crippen LogP contribution < -0.4 is 5.56 Å². The van der Waals surface area contributed by atoms with Crippen LogP contribution in [0.2, 0.25) is 0 Å². The Hall–Kier alpha value is -2.63. The average molecular weight is 272 g/mol. The maximum atomic E-state index is 12.4. The number of benzene rings is 1. The van der Waals surface area contributed by atoms with Gasteiger partial charge in [0, 0.05) is 5.39 Å². The molecule has 0 spiro atoms. The maximum Gasteiger partial charge on any atom is 0.328 e. The smallest absolute Gasteiger partial charge is 0.328 e. The first-order valence-electron chi connectivity index (χ1n) is 6.09. The van der Waals surface area contributed by atoms with Gasteiger partial charge in [0.1, 0.15) is 17.1 Å². The summed E-state index contributed by atoms with van der Waals surface area (Å²) in [6.07, 6.45) is 1.34. The third-order valence-corrected chi connectivity index (χ3v) is 3.27. The second-order valence-electron chi connectivity index (χ2n) is 4.43. The van der Waals surface area contributed by atoms with Crippen LogP contribution in [0.5, 0.6) is 0 Å². The highest BCUT2D eigenvalue weighted by molar-refractivity contribution is 6.01. The van der Waals surface area contributed by atoms with Crippen LogP contribution in [0, 0.1) is 0 Å². The van der Waals surface area contributed by atoms with E-state index in [2.05, 4.69) is 9.72 Å². The molecule has 1 atom stereocenters. The number of carbonyl (C=O) groups excluding carboxylic acids is 1. The van der Waals surface area contributed by atoms with Gasteiger partial charge in [0.15, 0.2) is 0 Å². The number of hydrogen-bond donors (Lipinski definition) is 0. The molecule has 1 aromatic carbocycles. The summed E-state index contributed by atoms with van der Waals surface area (Å²) in [5, 5.41) is 0.775. The number of methoxy groups -OCH3 is 1. The molecule has 0 bridgehead atoms. The van der Waals surface area contributed by atoms with E-state index < -0.39 is 17.6 Å². The zero-order valence-corrected chi connectivity index (χ0v) is 11.0. The average Bonchev–Trinajstić information content (AvgIpc) is 2.86. The largest absolute Gasteiger partial charge is 0.467 e. The van der Waals surface area contributed by atoms with E-state index in [0.29, 0.717) is 11.1 Å². The van der Waals surface area contributed by atoms with E-state index in [-0.39, 0.29) is 5.58 Å². The summed E-state index contributed by atoms with van der Waals surface area (Å²) in [6.45, 7) is 1.57. The second-order valence-corrected chi connectivity index (χ2v) is 4.43. The molecule has 0 N–H and O–H groups in total. The number of carbonyl (C=O) groups is 1. The minimum Gasteiger partial charge on any atom is -0.467 e. The molecule has 0 fully saturated rings. The summed E-state index contributed by atoms with van der Waals surface area (Å²) >= 11 is 0. The van der Waals surface area contributed by atoms with E-state index in [1.165, 1.54) is 18.0 Å². The van der Waals surface area contributed by atoms with Crippen molar-refractivity contribution in [1.82, 2.24) is 9.55 Å². The number of esters is 1. The summed E-state index contributed by atoms with van der Waals surface area (Å²) in [5.41, 5.74) is 0.836. The molecule has 102 valence electrons. The van der Waals surface area contributed by atoms with Gasteiger partial charge in [-0.05, 0) is 19.1 Å². The lowest BCUT2D eigenvalue weighted by Crippen LogP contribution is -2.28. The molecule has 6 heteroatoms. The standard InChI is InChI=1S/C14H12N2O4/c1-8(14(18)19-2)16-7-15-11-9-5-3-4-6-10(9)20-12(11)13(16)17/h3-8H,1-2H3/t8-/m0/s1. The molecule has 0 aliphatic carbocycles. The minimum absolute atomic E-state index is 0.143. The normalized spacial score (nSPS) is 12.7. The van der Waals surface area contributed by atoms with Crippen LogP contribution in [0.15, 0.2) is 39.8 Å². The van der Waals surface area contributed by atoms with Gasteiger partial charge in [-0.15, -0.1) is 0 Å². The lowest BCUT2D eigenvalue weighted by atomic mass is 10.2. The van der Waals surface area contributed by atoms with Gasteiger partial charge in [0.2, 0.25) is 5.58 Å². The molecule has 3 rings (SSSR count). The van der Waals surface area contributed by atoms with E-state index in [9.17, 15) is 9.59 Å². The Kier molecular flexibility index (Phi) is 2.78. The molecular weight excluding hydrogens is 260 g/mol. The van der Waals surface area contributed by atoms with Crippen LogP contribution in [-0.4, -0.2) is 22.6 Å². The predicted octanol–water partition coefficient (Wildman–Crippen LogP) is 1.88. The monoisotopic (exact) mass is 272 g/mol. The molecular formula is C14H12N2O4. The van der Waals surface area contributed by atoms with Crippen molar-refractivity contribution in [1.29, 1.82) is 0 Å². The second kappa shape index (κ2) is 4.48. The van der Waals surface area contributed by atoms with Crippen molar-refractivity contribution in [2.75, 3.05) is 7.11 Å². The topological polar surface area (TPSA) is 74.3 Å². The zero-order valence-electron chi connectivity index (χ0n) is 11.0. The van der Waals surface area contributed by atoms with E-state index in [1.54, 1.807) is 13.0 Å². The molecule has 20 heavy (non-hydrogen) atoms. The van der Waals surface area contributed by atoms with Crippen LogP contribution in [0.3, 0.4) is 0 Å². The molecule has 3 aromatic rings. The van der Waals surface area contributed by atoms with Crippen molar-refractivity contribution in [3.63, 3.8) is 0 Å². The lowest BCUT2D eigenvalue weighted by molar-refractivity contribution is -0.144. The molecule has 0 aliphatic heterocycles. The first kappa shape index (κ1) is 12.4. The molecule has 0 unspecified atom stereocenters. The summed E-state index contributed by atoms with van der Waals surface area (Å²) in [6, 6.07) is 6.52. The van der Waals surface area contributed by atoms with Gasteiger partial charge in [-0.25, -0.2) is 9.78 Å². The van der Waals surface area contributed by atoms with E-state index in [4.69, 9.17) is 4.42 Å². The Morgan fingerprint density at radius 1 is 1.40 bits per heavy atom. The third-order valence-electron chi connectivity index (χ3n) is 3.27. The molecule has 0 aliphatic rings. The Morgan fingerprint density at radius 3 is 2.90 bits per heavy atom. The van der Waals surface area contributed by atoms with Gasteiger partial charge < -0.3 is 9.15 Å². The van der Waals surface area contributed by atoms with E-state index >= 15 is 0 Å². The summed E-state index contributed by atoms with van der Waals surface area (Å²) < 4.78 is 11.4. The van der Waals surface area contributed by atoms with Crippen molar-refractivity contribution in [2.24, 2.45) is 0 Å². The summed E-state index contributed by atoms with van der Waals surface area (Å²) in [4.78, 5) is 28.1. The molecule has 0 saturated carbocycles. The Labute approximate surface area is 113 Å². The van der Waals surface area contributed by atoms with Crippen LogP contribution in [0.4, 0.5) is 0 Å². The van der Waals surface area contributed by atoms with Crippen LogP contribution in [0.1, 0.15) is 13.0 Å². The molecule has 2 heterocycles. The van der Waals surface area contributed by atoms with Crippen molar-refractivity contribution in [2.45, 2.75) is 13.0 Å². The number of rotatable bonds is 2. The third kappa shape index (κ3) is 1.69. The van der Waals surface area contributed by atoms with Gasteiger partial charge in [0.05, 0.1) is 13.4 Å². The van der Waals surface area contributed by atoms with Gasteiger partial charge in [-0.2, -0.15) is 0 Å². The van der Waals surface area contributed by atoms with Crippen molar-refractivity contribution < 1.29 is 13.9 Å². The lowest BCUT2D eigenvalue weighted by Gasteiger charge is -2.11. The van der Waals surface area contributed by atoms with Crippen molar-refractivity contribution >= 4 is 28.0 Å². The number of hydrogen-bond acceptors (Lipinski definition) is 5.